The number of nitrogens with zero attached hydrogens (tertiary/aromatic N) is 2. The predicted molar refractivity (Wildman–Crippen MR) is 73.7 cm³/mol. The van der Waals surface area contributed by atoms with Gasteiger partial charge in [-0.2, -0.15) is 0 Å². The zero-order chi connectivity index (χ0) is 12.7. The summed E-state index contributed by atoms with van der Waals surface area (Å²) in [5.41, 5.74) is 6.77. The van der Waals surface area contributed by atoms with Gasteiger partial charge in [-0.3, -0.25) is 4.90 Å². The lowest BCUT2D eigenvalue weighted by atomic mass is 10.2. The van der Waals surface area contributed by atoms with E-state index in [0.29, 0.717) is 11.9 Å². The number of pyridine rings is 1. The Morgan fingerprint density at radius 1 is 1.29 bits per heavy atom. The van der Waals surface area contributed by atoms with Gasteiger partial charge in [-0.05, 0) is 38.9 Å². The Labute approximate surface area is 105 Å². The number of hydrogen-bond donors (Lipinski definition) is 1. The number of unbranched alkanes of at least 4 members (excludes halogenated alkanes) is 2. The van der Waals surface area contributed by atoms with Crippen molar-refractivity contribution >= 4 is 5.82 Å². The zero-order valence-electron chi connectivity index (χ0n) is 11.3. The topological polar surface area (TPSA) is 42.1 Å². The van der Waals surface area contributed by atoms with Gasteiger partial charge in [-0.25, -0.2) is 4.98 Å². The zero-order valence-corrected chi connectivity index (χ0v) is 11.3. The van der Waals surface area contributed by atoms with Crippen LogP contribution in [0.5, 0.6) is 0 Å². The van der Waals surface area contributed by atoms with Gasteiger partial charge in [0.1, 0.15) is 5.82 Å². The third kappa shape index (κ3) is 5.18. The van der Waals surface area contributed by atoms with Gasteiger partial charge in [0.05, 0.1) is 5.69 Å². The molecule has 0 amide bonds. The van der Waals surface area contributed by atoms with Crippen LogP contribution in [0.25, 0.3) is 0 Å². The van der Waals surface area contributed by atoms with Crippen molar-refractivity contribution in [2.24, 2.45) is 0 Å². The number of anilines is 1. The highest BCUT2D eigenvalue weighted by molar-refractivity contribution is 5.28. The second-order valence-corrected chi connectivity index (χ2v) is 4.83. The molecule has 96 valence electrons. The van der Waals surface area contributed by atoms with Gasteiger partial charge in [0, 0.05) is 12.6 Å². The van der Waals surface area contributed by atoms with Crippen molar-refractivity contribution in [2.75, 3.05) is 12.3 Å². The third-order valence-corrected chi connectivity index (χ3v) is 2.97. The average molecular weight is 235 g/mol. The molecule has 1 aromatic rings. The van der Waals surface area contributed by atoms with Gasteiger partial charge in [-0.1, -0.05) is 25.8 Å². The lowest BCUT2D eigenvalue weighted by molar-refractivity contribution is 0.206. The first-order chi connectivity index (χ1) is 8.13. The first kappa shape index (κ1) is 14.0. The third-order valence-electron chi connectivity index (χ3n) is 2.97. The van der Waals surface area contributed by atoms with E-state index >= 15 is 0 Å². The Morgan fingerprint density at radius 3 is 2.65 bits per heavy atom. The molecule has 17 heavy (non-hydrogen) atoms. The van der Waals surface area contributed by atoms with Gasteiger partial charge in [0.25, 0.3) is 0 Å². The van der Waals surface area contributed by atoms with Crippen LogP contribution in [0.2, 0.25) is 0 Å². The van der Waals surface area contributed by atoms with Gasteiger partial charge in [0.15, 0.2) is 0 Å². The first-order valence-corrected chi connectivity index (χ1v) is 6.59. The van der Waals surface area contributed by atoms with Crippen molar-refractivity contribution in [3.8, 4) is 0 Å². The Morgan fingerprint density at radius 2 is 2.06 bits per heavy atom. The molecule has 0 saturated heterocycles. The van der Waals surface area contributed by atoms with Crippen molar-refractivity contribution in [1.82, 2.24) is 9.88 Å². The summed E-state index contributed by atoms with van der Waals surface area (Å²) in [6.07, 6.45) is 3.83. The van der Waals surface area contributed by atoms with Crippen LogP contribution in [-0.4, -0.2) is 22.5 Å². The number of hydrogen-bond acceptors (Lipinski definition) is 3. The van der Waals surface area contributed by atoms with E-state index in [4.69, 9.17) is 5.73 Å². The van der Waals surface area contributed by atoms with E-state index in [9.17, 15) is 0 Å². The maximum Gasteiger partial charge on any atom is 0.123 e. The summed E-state index contributed by atoms with van der Waals surface area (Å²) in [6.45, 7) is 8.74. The number of nitrogen functional groups attached to an aromatic ring is 1. The molecule has 0 radical (unpaired) electrons. The molecule has 0 saturated carbocycles. The van der Waals surface area contributed by atoms with Crippen molar-refractivity contribution < 1.29 is 0 Å². The normalized spacial score (nSPS) is 11.4. The molecule has 3 heteroatoms. The molecule has 0 spiro atoms. The van der Waals surface area contributed by atoms with Gasteiger partial charge >= 0.3 is 0 Å². The molecule has 0 bridgehead atoms. The highest BCUT2D eigenvalue weighted by Crippen LogP contribution is 2.09. The molecule has 0 unspecified atom stereocenters. The summed E-state index contributed by atoms with van der Waals surface area (Å²) in [5, 5.41) is 0. The smallest absolute Gasteiger partial charge is 0.123 e. The Hall–Kier alpha value is -1.09. The van der Waals surface area contributed by atoms with Gasteiger partial charge < -0.3 is 5.73 Å². The monoisotopic (exact) mass is 235 g/mol. The van der Waals surface area contributed by atoms with Crippen LogP contribution in [0, 0.1) is 0 Å². The molecular formula is C14H25N3. The summed E-state index contributed by atoms with van der Waals surface area (Å²) < 4.78 is 0. The highest BCUT2D eigenvalue weighted by atomic mass is 15.1. The maximum atomic E-state index is 5.70. The average Bonchev–Trinajstić information content (AvgIpc) is 2.28. The summed E-state index contributed by atoms with van der Waals surface area (Å²) in [6, 6.07) is 6.41. The number of nitrogens with two attached hydrogens (primary N) is 1. The van der Waals surface area contributed by atoms with Gasteiger partial charge in [0.2, 0.25) is 0 Å². The quantitative estimate of drug-likeness (QED) is 0.739. The second-order valence-electron chi connectivity index (χ2n) is 4.83. The van der Waals surface area contributed by atoms with E-state index in [1.807, 2.05) is 18.2 Å². The predicted octanol–water partition coefficient (Wildman–Crippen LogP) is 3.06. The fourth-order valence-corrected chi connectivity index (χ4v) is 1.88. The molecule has 0 atom stereocenters. The Kier molecular flexibility index (Phi) is 5.98. The summed E-state index contributed by atoms with van der Waals surface area (Å²) in [7, 11) is 0. The molecule has 1 rings (SSSR count). The lowest BCUT2D eigenvalue weighted by Gasteiger charge is -2.26. The van der Waals surface area contributed by atoms with E-state index in [1.165, 1.54) is 19.3 Å². The van der Waals surface area contributed by atoms with Crippen LogP contribution in [0.4, 0.5) is 5.82 Å². The highest BCUT2D eigenvalue weighted by Gasteiger charge is 2.10. The van der Waals surface area contributed by atoms with E-state index < -0.39 is 0 Å². The molecule has 2 N–H and O–H groups in total. The minimum absolute atomic E-state index is 0.551. The van der Waals surface area contributed by atoms with Crippen LogP contribution in [0.1, 0.15) is 45.7 Å². The van der Waals surface area contributed by atoms with Crippen LogP contribution >= 0.6 is 0 Å². The van der Waals surface area contributed by atoms with Crippen molar-refractivity contribution in [3.05, 3.63) is 23.9 Å². The molecule has 0 aromatic carbocycles. The Balaban J connectivity index is 2.54. The number of rotatable bonds is 7. The fraction of sp³-hybridized carbons (Fsp3) is 0.643. The molecule has 0 aliphatic rings. The lowest BCUT2D eigenvalue weighted by Crippen LogP contribution is -2.31. The molecular weight excluding hydrogens is 210 g/mol. The molecule has 0 aliphatic carbocycles. The van der Waals surface area contributed by atoms with Crippen LogP contribution in [0.3, 0.4) is 0 Å². The molecule has 0 aliphatic heterocycles. The fourth-order valence-electron chi connectivity index (χ4n) is 1.88. The maximum absolute atomic E-state index is 5.70. The van der Waals surface area contributed by atoms with Crippen molar-refractivity contribution in [1.29, 1.82) is 0 Å². The Bertz CT molecular complexity index is 323. The minimum atomic E-state index is 0.551. The van der Waals surface area contributed by atoms with E-state index in [-0.39, 0.29) is 0 Å². The molecule has 1 aromatic heterocycles. The summed E-state index contributed by atoms with van der Waals surface area (Å²) in [4.78, 5) is 6.82. The molecule has 0 fully saturated rings. The van der Waals surface area contributed by atoms with Crippen molar-refractivity contribution in [2.45, 2.75) is 52.6 Å². The SMILES string of the molecule is CCCCCN(Cc1cccc(N)n1)C(C)C. The summed E-state index contributed by atoms with van der Waals surface area (Å²) in [5.74, 6) is 0.611. The largest absolute Gasteiger partial charge is 0.384 e. The minimum Gasteiger partial charge on any atom is -0.384 e. The molecule has 1 heterocycles. The van der Waals surface area contributed by atoms with E-state index in [1.54, 1.807) is 0 Å². The van der Waals surface area contributed by atoms with Crippen LogP contribution < -0.4 is 5.73 Å². The first-order valence-electron chi connectivity index (χ1n) is 6.59. The number of aromatic nitrogens is 1. The standard InChI is InChI=1S/C14H25N3/c1-4-5-6-10-17(12(2)3)11-13-8-7-9-14(15)16-13/h7-9,12H,4-6,10-11H2,1-3H3,(H2,15,16). The van der Waals surface area contributed by atoms with Crippen LogP contribution in [0.15, 0.2) is 18.2 Å². The molecule has 3 nitrogen and oxygen atoms in total. The second kappa shape index (κ2) is 7.28. The van der Waals surface area contributed by atoms with E-state index in [2.05, 4.69) is 30.7 Å². The van der Waals surface area contributed by atoms with Crippen molar-refractivity contribution in [3.63, 3.8) is 0 Å². The summed E-state index contributed by atoms with van der Waals surface area (Å²) >= 11 is 0. The van der Waals surface area contributed by atoms with Gasteiger partial charge in [-0.15, -0.1) is 0 Å². The van der Waals surface area contributed by atoms with Crippen LogP contribution in [-0.2, 0) is 6.54 Å². The van der Waals surface area contributed by atoms with E-state index in [0.717, 1.165) is 18.8 Å².